The third-order valence-electron chi connectivity index (χ3n) is 3.18. The summed E-state index contributed by atoms with van der Waals surface area (Å²) in [6.45, 7) is 0. The molecule has 1 saturated carbocycles. The molecule has 0 amide bonds. The van der Waals surface area contributed by atoms with Crippen LogP contribution in [0.4, 0.5) is 0 Å². The molecule has 0 aromatic heterocycles. The minimum atomic E-state index is -3.53. The number of nitrogens with one attached hydrogen (secondary N) is 1. The van der Waals surface area contributed by atoms with Crippen LogP contribution in [-0.4, -0.2) is 32.7 Å². The van der Waals surface area contributed by atoms with Gasteiger partial charge < -0.3 is 10.5 Å². The minimum absolute atomic E-state index is 0.0663. The molecule has 0 saturated heterocycles. The molecule has 5 nitrogen and oxygen atoms in total. The maximum absolute atomic E-state index is 12.2. The Morgan fingerprint density at radius 1 is 1.47 bits per heavy atom. The minimum Gasteiger partial charge on any atom is -0.389 e. The Labute approximate surface area is 118 Å². The fourth-order valence-electron chi connectivity index (χ4n) is 1.96. The van der Waals surface area contributed by atoms with E-state index in [0.29, 0.717) is 18.4 Å². The number of thiocarbonyl (C=S) groups is 1. The predicted octanol–water partition coefficient (Wildman–Crippen LogP) is 0.777. The topological polar surface area (TPSA) is 81.4 Å². The van der Waals surface area contributed by atoms with Gasteiger partial charge in [0.1, 0.15) is 4.99 Å². The zero-order valence-corrected chi connectivity index (χ0v) is 12.1. The van der Waals surface area contributed by atoms with Crippen molar-refractivity contribution in [3.8, 4) is 0 Å². The van der Waals surface area contributed by atoms with E-state index in [1.807, 2.05) is 0 Å². The molecule has 0 atom stereocenters. The number of sulfonamides is 1. The Hall–Kier alpha value is -1.02. The lowest BCUT2D eigenvalue weighted by molar-refractivity contribution is 0.0236. The fraction of sp³-hybridized carbons (Fsp3) is 0.417. The van der Waals surface area contributed by atoms with Crippen LogP contribution in [0.3, 0.4) is 0 Å². The third kappa shape index (κ3) is 3.30. The number of methoxy groups -OCH3 is 1. The van der Waals surface area contributed by atoms with Crippen LogP contribution in [0.5, 0.6) is 0 Å². The molecule has 2 rings (SSSR count). The predicted molar refractivity (Wildman–Crippen MR) is 76.5 cm³/mol. The van der Waals surface area contributed by atoms with Gasteiger partial charge in [-0.1, -0.05) is 24.4 Å². The number of hydrogen-bond acceptors (Lipinski definition) is 4. The summed E-state index contributed by atoms with van der Waals surface area (Å²) in [6.07, 6.45) is 1.55. The highest BCUT2D eigenvalue weighted by Crippen LogP contribution is 2.24. The summed E-state index contributed by atoms with van der Waals surface area (Å²) in [5.41, 5.74) is 6.04. The van der Waals surface area contributed by atoms with Crippen LogP contribution in [-0.2, 0) is 14.8 Å². The van der Waals surface area contributed by atoms with E-state index >= 15 is 0 Å². The molecule has 104 valence electrons. The highest BCUT2D eigenvalue weighted by molar-refractivity contribution is 7.89. The highest BCUT2D eigenvalue weighted by atomic mass is 32.2. The second-order valence-corrected chi connectivity index (χ2v) is 6.69. The molecule has 19 heavy (non-hydrogen) atoms. The molecule has 0 spiro atoms. The number of rotatable bonds is 5. The zero-order valence-electron chi connectivity index (χ0n) is 10.5. The van der Waals surface area contributed by atoms with Crippen LogP contribution in [0.1, 0.15) is 18.4 Å². The first kappa shape index (κ1) is 14.4. The molecule has 0 radical (unpaired) electrons. The second-order valence-electron chi connectivity index (χ2n) is 4.54. The third-order valence-corrected chi connectivity index (χ3v) is 4.93. The van der Waals surface area contributed by atoms with Crippen LogP contribution in [0.15, 0.2) is 29.2 Å². The number of benzene rings is 1. The molecule has 7 heteroatoms. The largest absolute Gasteiger partial charge is 0.389 e. The van der Waals surface area contributed by atoms with Crippen molar-refractivity contribution in [1.29, 1.82) is 0 Å². The molecule has 1 aromatic carbocycles. The monoisotopic (exact) mass is 300 g/mol. The van der Waals surface area contributed by atoms with Crippen molar-refractivity contribution in [2.45, 2.75) is 29.9 Å². The van der Waals surface area contributed by atoms with E-state index in [1.165, 1.54) is 12.1 Å². The maximum atomic E-state index is 12.2. The van der Waals surface area contributed by atoms with Crippen molar-refractivity contribution >= 4 is 27.2 Å². The summed E-state index contributed by atoms with van der Waals surface area (Å²) in [7, 11) is -1.90. The van der Waals surface area contributed by atoms with Gasteiger partial charge in [-0.15, -0.1) is 0 Å². The molecule has 1 aromatic rings. The molecule has 1 fully saturated rings. The van der Waals surface area contributed by atoms with E-state index in [9.17, 15) is 8.42 Å². The van der Waals surface area contributed by atoms with Gasteiger partial charge in [-0.2, -0.15) is 0 Å². The van der Waals surface area contributed by atoms with Gasteiger partial charge in [-0.25, -0.2) is 13.1 Å². The van der Waals surface area contributed by atoms with E-state index in [2.05, 4.69) is 4.72 Å². The van der Waals surface area contributed by atoms with Crippen molar-refractivity contribution < 1.29 is 13.2 Å². The van der Waals surface area contributed by atoms with Crippen LogP contribution in [0, 0.1) is 0 Å². The molecule has 0 aliphatic heterocycles. The van der Waals surface area contributed by atoms with Gasteiger partial charge in [0.2, 0.25) is 10.0 Å². The average Bonchev–Trinajstić information content (AvgIpc) is 2.33. The van der Waals surface area contributed by atoms with E-state index < -0.39 is 10.0 Å². The molecule has 0 unspecified atom stereocenters. The number of nitrogens with two attached hydrogens (primary N) is 1. The van der Waals surface area contributed by atoms with Gasteiger partial charge in [-0.05, 0) is 25.0 Å². The Morgan fingerprint density at radius 2 is 2.16 bits per heavy atom. The lowest BCUT2D eigenvalue weighted by Gasteiger charge is -2.34. The van der Waals surface area contributed by atoms with Crippen molar-refractivity contribution in [3.05, 3.63) is 29.8 Å². The van der Waals surface area contributed by atoms with Crippen molar-refractivity contribution in [2.24, 2.45) is 5.73 Å². The smallest absolute Gasteiger partial charge is 0.240 e. The van der Waals surface area contributed by atoms with E-state index in [-0.39, 0.29) is 22.0 Å². The zero-order chi connectivity index (χ0) is 14.0. The van der Waals surface area contributed by atoms with E-state index in [0.717, 1.165) is 0 Å². The Balaban J connectivity index is 2.11. The first-order valence-electron chi connectivity index (χ1n) is 5.87. The van der Waals surface area contributed by atoms with Crippen molar-refractivity contribution in [2.75, 3.05) is 7.11 Å². The van der Waals surface area contributed by atoms with E-state index in [1.54, 1.807) is 19.2 Å². The van der Waals surface area contributed by atoms with Crippen molar-refractivity contribution in [1.82, 2.24) is 4.72 Å². The molecule has 0 heterocycles. The molecular weight excluding hydrogens is 284 g/mol. The summed E-state index contributed by atoms with van der Waals surface area (Å²) >= 11 is 4.84. The lowest BCUT2D eigenvalue weighted by Crippen LogP contribution is -2.47. The van der Waals surface area contributed by atoms with Gasteiger partial charge in [0.05, 0.1) is 11.0 Å². The summed E-state index contributed by atoms with van der Waals surface area (Å²) in [5.74, 6) is 0. The molecule has 1 aliphatic rings. The highest BCUT2D eigenvalue weighted by Gasteiger charge is 2.32. The molecular formula is C12H16N2O3S2. The number of ether oxygens (including phenoxy) is 1. The first-order chi connectivity index (χ1) is 8.92. The summed E-state index contributed by atoms with van der Waals surface area (Å²) < 4.78 is 32.1. The van der Waals surface area contributed by atoms with E-state index in [4.69, 9.17) is 22.7 Å². The number of hydrogen-bond donors (Lipinski definition) is 2. The molecule has 0 bridgehead atoms. The molecule has 3 N–H and O–H groups in total. The van der Waals surface area contributed by atoms with Crippen LogP contribution < -0.4 is 10.5 Å². The summed E-state index contributed by atoms with van der Waals surface area (Å²) in [6, 6.07) is 6.25. The Kier molecular flexibility index (Phi) is 4.19. The van der Waals surface area contributed by atoms with Gasteiger partial charge in [0, 0.05) is 18.7 Å². The average molecular weight is 300 g/mol. The van der Waals surface area contributed by atoms with Crippen molar-refractivity contribution in [3.63, 3.8) is 0 Å². The molecule has 1 aliphatic carbocycles. The van der Waals surface area contributed by atoms with Gasteiger partial charge in [0.15, 0.2) is 0 Å². The Bertz CT molecular complexity index is 580. The van der Waals surface area contributed by atoms with Gasteiger partial charge >= 0.3 is 0 Å². The SMILES string of the molecule is COC1CC(NS(=O)(=O)c2cccc(C(N)=S)c2)C1. The van der Waals surface area contributed by atoms with Crippen LogP contribution in [0.25, 0.3) is 0 Å². The lowest BCUT2D eigenvalue weighted by atomic mass is 9.90. The second kappa shape index (κ2) is 5.54. The summed E-state index contributed by atoms with van der Waals surface area (Å²) in [5, 5.41) is 0. The summed E-state index contributed by atoms with van der Waals surface area (Å²) in [4.78, 5) is 0.360. The van der Waals surface area contributed by atoms with Crippen LogP contribution in [0.2, 0.25) is 0 Å². The fourth-order valence-corrected chi connectivity index (χ4v) is 3.39. The Morgan fingerprint density at radius 3 is 2.74 bits per heavy atom. The van der Waals surface area contributed by atoms with Gasteiger partial charge in [-0.3, -0.25) is 0 Å². The van der Waals surface area contributed by atoms with Crippen LogP contribution >= 0.6 is 12.2 Å². The normalized spacial score (nSPS) is 22.8. The quantitative estimate of drug-likeness (QED) is 0.785. The maximum Gasteiger partial charge on any atom is 0.240 e. The standard InChI is InChI=1S/C12H16N2O3S2/c1-17-10-6-9(7-10)14-19(15,16)11-4-2-3-8(5-11)12(13)18/h2-5,9-10,14H,6-7H2,1H3,(H2,13,18). The first-order valence-corrected chi connectivity index (χ1v) is 7.76. The van der Waals surface area contributed by atoms with Gasteiger partial charge in [0.25, 0.3) is 0 Å².